The van der Waals surface area contributed by atoms with E-state index >= 15 is 0 Å². The van der Waals surface area contributed by atoms with Crippen molar-refractivity contribution in [2.24, 2.45) is 5.92 Å². The van der Waals surface area contributed by atoms with Crippen LogP contribution < -0.4 is 0 Å². The van der Waals surface area contributed by atoms with Crippen molar-refractivity contribution in [2.45, 2.75) is 12.8 Å². The molecule has 1 N–H and O–H groups in total. The molecule has 1 amide bonds. The van der Waals surface area contributed by atoms with Gasteiger partial charge in [0.15, 0.2) is 0 Å². The Morgan fingerprint density at radius 1 is 1.21 bits per heavy atom. The smallest absolute Gasteiger partial charge is 0.265 e. The lowest BCUT2D eigenvalue weighted by molar-refractivity contribution is 0.0698. The molecule has 0 bridgehead atoms. The number of rotatable bonds is 3. The van der Waals surface area contributed by atoms with E-state index in [1.165, 1.54) is 0 Å². The number of carbonyl (C=O) groups is 1. The average Bonchev–Trinajstić information content (AvgIpc) is 2.38. The molecule has 104 valence electrons. The molecule has 0 saturated carbocycles. The van der Waals surface area contributed by atoms with Crippen LogP contribution in [0.4, 0.5) is 0 Å². The zero-order chi connectivity index (χ0) is 13.9. The van der Waals surface area contributed by atoms with Crippen molar-refractivity contribution in [3.05, 3.63) is 35.9 Å². The second-order valence-corrected chi connectivity index (χ2v) is 6.35. The van der Waals surface area contributed by atoms with Crippen molar-refractivity contribution >= 4 is 16.0 Å². The molecule has 1 heterocycles. The SMILES string of the molecule is O=C(c1ccccc1)N1CCC(CS(=O)(=O)O)CC1. The van der Waals surface area contributed by atoms with Gasteiger partial charge in [-0.3, -0.25) is 9.35 Å². The summed E-state index contributed by atoms with van der Waals surface area (Å²) in [5.41, 5.74) is 0.649. The average molecular weight is 283 g/mol. The number of carbonyl (C=O) groups excluding carboxylic acids is 1. The van der Waals surface area contributed by atoms with Gasteiger partial charge in [0.25, 0.3) is 16.0 Å². The second kappa shape index (κ2) is 5.71. The summed E-state index contributed by atoms with van der Waals surface area (Å²) in [6.45, 7) is 1.07. The number of amides is 1. The summed E-state index contributed by atoms with van der Waals surface area (Å²) in [4.78, 5) is 13.9. The van der Waals surface area contributed by atoms with Crippen molar-refractivity contribution in [1.82, 2.24) is 4.90 Å². The Kier molecular flexibility index (Phi) is 4.21. The van der Waals surface area contributed by atoms with Crippen molar-refractivity contribution in [1.29, 1.82) is 0 Å². The number of hydrogen-bond acceptors (Lipinski definition) is 3. The molecule has 0 atom stereocenters. The summed E-state index contributed by atoms with van der Waals surface area (Å²) in [6, 6.07) is 9.03. The van der Waals surface area contributed by atoms with Crippen LogP contribution in [0.5, 0.6) is 0 Å². The highest BCUT2D eigenvalue weighted by Gasteiger charge is 2.26. The van der Waals surface area contributed by atoms with Gasteiger partial charge in [0.05, 0.1) is 5.75 Å². The Morgan fingerprint density at radius 2 is 1.79 bits per heavy atom. The first-order chi connectivity index (χ1) is 8.96. The van der Waals surface area contributed by atoms with E-state index in [0.717, 1.165) is 0 Å². The number of likely N-dealkylation sites (tertiary alicyclic amines) is 1. The minimum absolute atomic E-state index is 0.0223. The summed E-state index contributed by atoms with van der Waals surface area (Å²) in [5.74, 6) is -0.291. The van der Waals surface area contributed by atoms with E-state index in [1.807, 2.05) is 18.2 Å². The summed E-state index contributed by atoms with van der Waals surface area (Å²) >= 11 is 0. The van der Waals surface area contributed by atoms with Gasteiger partial charge in [-0.2, -0.15) is 8.42 Å². The van der Waals surface area contributed by atoms with E-state index in [1.54, 1.807) is 17.0 Å². The first-order valence-corrected chi connectivity index (χ1v) is 7.86. The number of nitrogens with zero attached hydrogens (tertiary/aromatic N) is 1. The maximum Gasteiger partial charge on any atom is 0.265 e. The van der Waals surface area contributed by atoms with Crippen LogP contribution in [0.15, 0.2) is 30.3 Å². The van der Waals surface area contributed by atoms with Gasteiger partial charge in [-0.15, -0.1) is 0 Å². The molecular weight excluding hydrogens is 266 g/mol. The minimum Gasteiger partial charge on any atom is -0.339 e. The lowest BCUT2D eigenvalue weighted by atomic mass is 9.98. The van der Waals surface area contributed by atoms with Crippen LogP contribution in [0.3, 0.4) is 0 Å². The van der Waals surface area contributed by atoms with Gasteiger partial charge in [-0.25, -0.2) is 0 Å². The van der Waals surface area contributed by atoms with Crippen LogP contribution >= 0.6 is 0 Å². The van der Waals surface area contributed by atoms with Crippen LogP contribution in [0, 0.1) is 5.92 Å². The molecular formula is C13H17NO4S. The molecule has 0 aliphatic carbocycles. The summed E-state index contributed by atoms with van der Waals surface area (Å²) in [7, 11) is -3.92. The lowest BCUT2D eigenvalue weighted by Crippen LogP contribution is -2.39. The number of piperidine rings is 1. The molecule has 0 aromatic heterocycles. The van der Waals surface area contributed by atoms with E-state index in [2.05, 4.69) is 0 Å². The number of benzene rings is 1. The van der Waals surface area contributed by atoms with E-state index in [4.69, 9.17) is 4.55 Å². The van der Waals surface area contributed by atoms with Crippen LogP contribution in [0.1, 0.15) is 23.2 Å². The lowest BCUT2D eigenvalue weighted by Gasteiger charge is -2.31. The van der Waals surface area contributed by atoms with Crippen LogP contribution in [0.25, 0.3) is 0 Å². The largest absolute Gasteiger partial charge is 0.339 e. The van der Waals surface area contributed by atoms with Crippen molar-refractivity contribution in [2.75, 3.05) is 18.8 Å². The Morgan fingerprint density at radius 3 is 2.32 bits per heavy atom. The Hall–Kier alpha value is -1.40. The monoisotopic (exact) mass is 283 g/mol. The fraction of sp³-hybridized carbons (Fsp3) is 0.462. The topological polar surface area (TPSA) is 74.7 Å². The highest BCUT2D eigenvalue weighted by Crippen LogP contribution is 2.20. The van der Waals surface area contributed by atoms with Crippen molar-refractivity contribution in [3.8, 4) is 0 Å². The van der Waals surface area contributed by atoms with Gasteiger partial charge < -0.3 is 4.90 Å². The van der Waals surface area contributed by atoms with Gasteiger partial charge in [0.1, 0.15) is 0 Å². The molecule has 1 saturated heterocycles. The molecule has 1 fully saturated rings. The maximum atomic E-state index is 12.1. The third kappa shape index (κ3) is 4.04. The molecule has 1 aromatic carbocycles. The van der Waals surface area contributed by atoms with Crippen LogP contribution in [-0.4, -0.2) is 42.6 Å². The number of hydrogen-bond donors (Lipinski definition) is 1. The molecule has 19 heavy (non-hydrogen) atoms. The molecule has 0 unspecified atom stereocenters. The van der Waals surface area contributed by atoms with E-state index in [9.17, 15) is 13.2 Å². The van der Waals surface area contributed by atoms with E-state index in [0.29, 0.717) is 31.5 Å². The Balaban J connectivity index is 1.92. The third-order valence-electron chi connectivity index (χ3n) is 3.37. The van der Waals surface area contributed by atoms with E-state index < -0.39 is 10.1 Å². The third-order valence-corrected chi connectivity index (χ3v) is 4.26. The molecule has 0 spiro atoms. The fourth-order valence-electron chi connectivity index (χ4n) is 2.36. The van der Waals surface area contributed by atoms with Crippen molar-refractivity contribution in [3.63, 3.8) is 0 Å². The normalized spacial score (nSPS) is 17.4. The quantitative estimate of drug-likeness (QED) is 0.851. The van der Waals surface area contributed by atoms with Crippen LogP contribution in [-0.2, 0) is 10.1 Å². The molecule has 1 aromatic rings. The molecule has 0 radical (unpaired) electrons. The van der Waals surface area contributed by atoms with Gasteiger partial charge >= 0.3 is 0 Å². The predicted molar refractivity (Wildman–Crippen MR) is 71.5 cm³/mol. The van der Waals surface area contributed by atoms with Gasteiger partial charge in [0.2, 0.25) is 0 Å². The zero-order valence-electron chi connectivity index (χ0n) is 10.5. The summed E-state index contributed by atoms with van der Waals surface area (Å²) in [5, 5.41) is 0. The molecule has 2 rings (SSSR count). The molecule has 5 nitrogen and oxygen atoms in total. The zero-order valence-corrected chi connectivity index (χ0v) is 11.3. The summed E-state index contributed by atoms with van der Waals surface area (Å²) in [6.07, 6.45) is 1.22. The second-order valence-electron chi connectivity index (χ2n) is 4.85. The summed E-state index contributed by atoms with van der Waals surface area (Å²) < 4.78 is 30.4. The Bertz CT molecular complexity index is 533. The fourth-order valence-corrected chi connectivity index (χ4v) is 3.29. The Labute approximate surface area is 113 Å². The molecule has 6 heteroatoms. The minimum atomic E-state index is -3.92. The standard InChI is InChI=1S/C13H17NO4S/c15-13(12-4-2-1-3-5-12)14-8-6-11(7-9-14)10-19(16,17)18/h1-5,11H,6-10H2,(H,16,17,18). The van der Waals surface area contributed by atoms with Gasteiger partial charge in [0, 0.05) is 18.7 Å². The first-order valence-electron chi connectivity index (χ1n) is 6.25. The first kappa shape index (κ1) is 14.0. The van der Waals surface area contributed by atoms with Crippen molar-refractivity contribution < 1.29 is 17.8 Å². The van der Waals surface area contributed by atoms with Crippen LogP contribution in [0.2, 0.25) is 0 Å². The molecule has 1 aliphatic heterocycles. The highest BCUT2D eigenvalue weighted by molar-refractivity contribution is 7.85. The maximum absolute atomic E-state index is 12.1. The van der Waals surface area contributed by atoms with Gasteiger partial charge in [-0.05, 0) is 30.9 Å². The highest BCUT2D eigenvalue weighted by atomic mass is 32.2. The molecule has 1 aliphatic rings. The van der Waals surface area contributed by atoms with Gasteiger partial charge in [-0.1, -0.05) is 18.2 Å². The van der Waals surface area contributed by atoms with E-state index in [-0.39, 0.29) is 17.6 Å². The predicted octanol–water partition coefficient (Wildman–Crippen LogP) is 1.43.